The number of nitrogens with zero attached hydrogens (tertiary/aromatic N) is 2. The standard InChI is InChI=1S/C23H26FN3O4S/c1-4-30-23(28)20-13(2)19-21(25-12-26-22(19)32-20)27-17-10-5-14(24)11-18(17)31-16-8-6-15(29-3)7-9-16/h5,10-12,15-16H,4,6-9H2,1-3H3,(H,25,26,27)/t15-,16-. The molecule has 2 aromatic heterocycles. The molecule has 1 aromatic carbocycles. The number of thiophene rings is 1. The molecule has 1 saturated carbocycles. The number of ether oxygens (including phenoxy) is 3. The number of carbonyl (C=O) groups excluding carboxylic acids is 1. The number of methoxy groups -OCH3 is 1. The number of hydrogen-bond donors (Lipinski definition) is 1. The Hall–Kier alpha value is -2.78. The van der Waals surface area contributed by atoms with E-state index in [-0.39, 0.29) is 24.0 Å². The second-order valence-corrected chi connectivity index (χ2v) is 8.70. The van der Waals surface area contributed by atoms with Crippen molar-refractivity contribution in [2.24, 2.45) is 0 Å². The van der Waals surface area contributed by atoms with Gasteiger partial charge in [-0.25, -0.2) is 19.2 Å². The summed E-state index contributed by atoms with van der Waals surface area (Å²) in [5.41, 5.74) is 1.34. The Kier molecular flexibility index (Phi) is 6.86. The lowest BCUT2D eigenvalue weighted by Gasteiger charge is -2.28. The maximum absolute atomic E-state index is 14.0. The molecule has 0 bridgehead atoms. The SMILES string of the molecule is CCOC(=O)c1sc2ncnc(Nc3ccc(F)cc3O[C@H]3CC[C@H](OC)CC3)c2c1C. The number of aryl methyl sites for hydroxylation is 1. The van der Waals surface area contributed by atoms with E-state index < -0.39 is 0 Å². The van der Waals surface area contributed by atoms with Crippen molar-refractivity contribution in [3.05, 3.63) is 40.8 Å². The number of halogens is 1. The predicted octanol–water partition coefficient (Wildman–Crippen LogP) is 5.40. The van der Waals surface area contributed by atoms with Gasteiger partial charge in [-0.15, -0.1) is 11.3 Å². The highest BCUT2D eigenvalue weighted by atomic mass is 32.1. The van der Waals surface area contributed by atoms with Crippen molar-refractivity contribution in [3.8, 4) is 5.75 Å². The van der Waals surface area contributed by atoms with Crippen LogP contribution in [0.5, 0.6) is 5.75 Å². The quantitative estimate of drug-likeness (QED) is 0.474. The van der Waals surface area contributed by atoms with Crippen LogP contribution < -0.4 is 10.1 Å². The molecule has 4 rings (SSSR count). The smallest absolute Gasteiger partial charge is 0.348 e. The number of esters is 1. The summed E-state index contributed by atoms with van der Waals surface area (Å²) in [6.07, 6.45) is 5.20. The molecule has 0 atom stereocenters. The van der Waals surface area contributed by atoms with Crippen LogP contribution in [0.25, 0.3) is 10.2 Å². The molecule has 1 aliphatic rings. The number of benzene rings is 1. The van der Waals surface area contributed by atoms with Crippen LogP contribution >= 0.6 is 11.3 Å². The summed E-state index contributed by atoms with van der Waals surface area (Å²) < 4.78 is 30.8. The first-order valence-corrected chi connectivity index (χ1v) is 11.5. The maximum Gasteiger partial charge on any atom is 0.348 e. The Morgan fingerprint density at radius 3 is 2.69 bits per heavy atom. The van der Waals surface area contributed by atoms with Gasteiger partial charge in [-0.3, -0.25) is 0 Å². The molecule has 3 aromatic rings. The number of carbonyl (C=O) groups is 1. The van der Waals surface area contributed by atoms with Crippen LogP contribution in [0.1, 0.15) is 47.8 Å². The van der Waals surface area contributed by atoms with E-state index in [9.17, 15) is 9.18 Å². The van der Waals surface area contributed by atoms with Crippen molar-refractivity contribution < 1.29 is 23.4 Å². The van der Waals surface area contributed by atoms with E-state index in [1.54, 1.807) is 20.1 Å². The van der Waals surface area contributed by atoms with Gasteiger partial charge in [0.2, 0.25) is 0 Å². The molecule has 0 unspecified atom stereocenters. The third-order valence-electron chi connectivity index (χ3n) is 5.63. The van der Waals surface area contributed by atoms with E-state index in [2.05, 4.69) is 15.3 Å². The van der Waals surface area contributed by atoms with E-state index >= 15 is 0 Å². The van der Waals surface area contributed by atoms with Gasteiger partial charge in [0.05, 0.1) is 29.9 Å². The number of fused-ring (bicyclic) bond motifs is 1. The van der Waals surface area contributed by atoms with E-state index in [4.69, 9.17) is 14.2 Å². The number of anilines is 2. The zero-order valence-corrected chi connectivity index (χ0v) is 19.1. The van der Waals surface area contributed by atoms with Gasteiger partial charge in [-0.05, 0) is 57.2 Å². The molecule has 7 nitrogen and oxygen atoms in total. The Morgan fingerprint density at radius 2 is 1.97 bits per heavy atom. The summed E-state index contributed by atoms with van der Waals surface area (Å²) >= 11 is 1.27. The molecule has 1 N–H and O–H groups in total. The third-order valence-corrected chi connectivity index (χ3v) is 6.81. The van der Waals surface area contributed by atoms with Crippen molar-refractivity contribution in [2.45, 2.75) is 51.7 Å². The van der Waals surface area contributed by atoms with Crippen LogP contribution in [0, 0.1) is 12.7 Å². The van der Waals surface area contributed by atoms with Gasteiger partial charge in [0, 0.05) is 13.2 Å². The zero-order valence-electron chi connectivity index (χ0n) is 18.3. The Labute approximate surface area is 189 Å². The van der Waals surface area contributed by atoms with Gasteiger partial charge < -0.3 is 19.5 Å². The molecule has 170 valence electrons. The van der Waals surface area contributed by atoms with Crippen molar-refractivity contribution in [2.75, 3.05) is 19.0 Å². The molecule has 32 heavy (non-hydrogen) atoms. The fourth-order valence-electron chi connectivity index (χ4n) is 3.95. The maximum atomic E-state index is 14.0. The van der Waals surface area contributed by atoms with E-state index in [0.717, 1.165) is 36.6 Å². The van der Waals surface area contributed by atoms with E-state index in [1.807, 2.05) is 6.92 Å². The first-order chi connectivity index (χ1) is 15.5. The Balaban J connectivity index is 1.62. The second kappa shape index (κ2) is 9.79. The van der Waals surface area contributed by atoms with E-state index in [1.165, 1.54) is 29.8 Å². The van der Waals surface area contributed by atoms with Crippen LogP contribution in [0.15, 0.2) is 24.5 Å². The molecule has 0 spiro atoms. The topological polar surface area (TPSA) is 82.6 Å². The van der Waals surface area contributed by atoms with Gasteiger partial charge in [0.15, 0.2) is 0 Å². The average molecular weight is 460 g/mol. The normalized spacial score (nSPS) is 18.5. The monoisotopic (exact) mass is 459 g/mol. The summed E-state index contributed by atoms with van der Waals surface area (Å²) in [7, 11) is 1.72. The number of aromatic nitrogens is 2. The highest BCUT2D eigenvalue weighted by Crippen LogP contribution is 2.37. The van der Waals surface area contributed by atoms with Gasteiger partial charge >= 0.3 is 5.97 Å². The Bertz CT molecular complexity index is 1110. The minimum Gasteiger partial charge on any atom is -0.488 e. The van der Waals surface area contributed by atoms with Crippen molar-refractivity contribution >= 4 is 39.0 Å². The summed E-state index contributed by atoms with van der Waals surface area (Å²) in [5, 5.41) is 4.00. The second-order valence-electron chi connectivity index (χ2n) is 7.70. The Morgan fingerprint density at radius 1 is 1.22 bits per heavy atom. The lowest BCUT2D eigenvalue weighted by Crippen LogP contribution is -2.27. The first kappa shape index (κ1) is 22.4. The van der Waals surface area contributed by atoms with Gasteiger partial charge in [0.1, 0.15) is 33.4 Å². The molecule has 1 aliphatic carbocycles. The minimum atomic E-state index is -0.378. The fraction of sp³-hybridized carbons (Fsp3) is 0.435. The lowest BCUT2D eigenvalue weighted by atomic mass is 9.95. The summed E-state index contributed by atoms with van der Waals surface area (Å²) in [4.78, 5) is 22.2. The van der Waals surface area contributed by atoms with Crippen LogP contribution in [0.2, 0.25) is 0 Å². The summed E-state index contributed by atoms with van der Waals surface area (Å²) in [6.45, 7) is 3.91. The lowest BCUT2D eigenvalue weighted by molar-refractivity contribution is 0.0329. The van der Waals surface area contributed by atoms with E-state index in [0.29, 0.717) is 33.6 Å². The highest BCUT2D eigenvalue weighted by Gasteiger charge is 2.24. The van der Waals surface area contributed by atoms with Crippen LogP contribution in [-0.2, 0) is 9.47 Å². The van der Waals surface area contributed by atoms with Gasteiger partial charge in [0.25, 0.3) is 0 Å². The summed E-state index contributed by atoms with van der Waals surface area (Å²) in [5.74, 6) is 0.201. The third kappa shape index (κ3) is 4.68. The molecule has 0 radical (unpaired) electrons. The van der Waals surface area contributed by atoms with Crippen LogP contribution in [-0.4, -0.2) is 41.9 Å². The number of rotatable bonds is 7. The molecule has 2 heterocycles. The first-order valence-electron chi connectivity index (χ1n) is 10.7. The zero-order chi connectivity index (χ0) is 22.7. The molecular weight excluding hydrogens is 433 g/mol. The number of hydrogen-bond acceptors (Lipinski definition) is 8. The number of nitrogens with one attached hydrogen (secondary N) is 1. The van der Waals surface area contributed by atoms with Gasteiger partial charge in [-0.2, -0.15) is 0 Å². The molecule has 0 amide bonds. The molecular formula is C23H26FN3O4S. The predicted molar refractivity (Wildman–Crippen MR) is 121 cm³/mol. The van der Waals surface area contributed by atoms with Crippen molar-refractivity contribution in [3.63, 3.8) is 0 Å². The van der Waals surface area contributed by atoms with Crippen molar-refractivity contribution in [1.82, 2.24) is 9.97 Å². The molecule has 1 fully saturated rings. The molecule has 0 saturated heterocycles. The average Bonchev–Trinajstić information content (AvgIpc) is 3.14. The largest absolute Gasteiger partial charge is 0.488 e. The summed E-state index contributed by atoms with van der Waals surface area (Å²) in [6, 6.07) is 4.39. The van der Waals surface area contributed by atoms with Crippen molar-refractivity contribution in [1.29, 1.82) is 0 Å². The van der Waals surface area contributed by atoms with Gasteiger partial charge in [-0.1, -0.05) is 0 Å². The van der Waals surface area contributed by atoms with Crippen LogP contribution in [0.4, 0.5) is 15.9 Å². The van der Waals surface area contributed by atoms with Crippen LogP contribution in [0.3, 0.4) is 0 Å². The highest BCUT2D eigenvalue weighted by molar-refractivity contribution is 7.20. The molecule has 0 aliphatic heterocycles. The minimum absolute atomic E-state index is 0.00697. The molecule has 9 heteroatoms. The fourth-order valence-corrected chi connectivity index (χ4v) is 4.99.